The number of methoxy groups -OCH3 is 1. The van der Waals surface area contributed by atoms with Gasteiger partial charge in [-0.15, -0.1) is 0 Å². The quantitative estimate of drug-likeness (QED) is 0.0679. The fraction of sp³-hybridized carbons (Fsp3) is 1.00. The highest BCUT2D eigenvalue weighted by molar-refractivity contribution is 9.09. The molecule has 0 aliphatic carbocycles. The van der Waals surface area contributed by atoms with E-state index in [2.05, 4.69) is 22.9 Å². The van der Waals surface area contributed by atoms with Gasteiger partial charge in [-0.3, -0.25) is 9.05 Å². The number of rotatable bonds is 26. The van der Waals surface area contributed by atoms with Crippen LogP contribution < -0.4 is 0 Å². The van der Waals surface area contributed by atoms with Gasteiger partial charge >= 0.3 is 7.82 Å². The van der Waals surface area contributed by atoms with E-state index in [0.717, 1.165) is 6.42 Å². The van der Waals surface area contributed by atoms with Gasteiger partial charge in [0.05, 0.1) is 19.8 Å². The molecule has 0 aromatic carbocycles. The zero-order valence-electron chi connectivity index (χ0n) is 20.7. The van der Waals surface area contributed by atoms with Gasteiger partial charge in [0.1, 0.15) is 6.10 Å². The summed E-state index contributed by atoms with van der Waals surface area (Å²) in [4.78, 5) is 9.51. The van der Waals surface area contributed by atoms with Crippen molar-refractivity contribution in [3.05, 3.63) is 0 Å². The van der Waals surface area contributed by atoms with Crippen LogP contribution in [0.15, 0.2) is 0 Å². The predicted molar refractivity (Wildman–Crippen MR) is 137 cm³/mol. The molecular formula is C24H50BrO6P. The van der Waals surface area contributed by atoms with Crippen LogP contribution in [0.5, 0.6) is 0 Å². The molecule has 6 nitrogen and oxygen atoms in total. The Morgan fingerprint density at radius 1 is 0.719 bits per heavy atom. The van der Waals surface area contributed by atoms with Crippen LogP contribution in [0.4, 0.5) is 0 Å². The van der Waals surface area contributed by atoms with E-state index in [9.17, 15) is 9.46 Å². The molecule has 0 saturated carbocycles. The summed E-state index contributed by atoms with van der Waals surface area (Å²) in [5.41, 5.74) is 0. The average molecular weight is 546 g/mol. The van der Waals surface area contributed by atoms with E-state index in [1.807, 2.05) is 0 Å². The summed E-state index contributed by atoms with van der Waals surface area (Å²) in [5, 5.41) is 0.469. The maximum absolute atomic E-state index is 11.6. The van der Waals surface area contributed by atoms with E-state index in [1.54, 1.807) is 0 Å². The number of ether oxygens (including phenoxy) is 2. The average Bonchev–Trinajstić information content (AvgIpc) is 2.79. The number of unbranched alkanes of at least 4 members (excludes halogenated alkanes) is 15. The first-order valence-corrected chi connectivity index (χ1v) is 15.5. The summed E-state index contributed by atoms with van der Waals surface area (Å²) in [5.74, 6) is 0. The fourth-order valence-electron chi connectivity index (χ4n) is 3.52. The third-order valence-electron chi connectivity index (χ3n) is 5.53. The van der Waals surface area contributed by atoms with Crippen LogP contribution in [0.1, 0.15) is 110 Å². The largest absolute Gasteiger partial charge is 0.472 e. The molecule has 0 aliphatic rings. The third-order valence-corrected chi connectivity index (χ3v) is 6.84. The second-order valence-corrected chi connectivity index (χ2v) is 10.8. The minimum Gasteiger partial charge on any atom is -0.379 e. The summed E-state index contributed by atoms with van der Waals surface area (Å²) in [6.45, 7) is 3.37. The van der Waals surface area contributed by atoms with E-state index >= 15 is 0 Å². The van der Waals surface area contributed by atoms with Crippen molar-refractivity contribution in [2.24, 2.45) is 0 Å². The molecule has 0 amide bonds. The fourth-order valence-corrected chi connectivity index (χ4v) is 4.68. The molecule has 0 aliphatic heterocycles. The number of hydrogen-bond acceptors (Lipinski definition) is 5. The van der Waals surface area contributed by atoms with E-state index < -0.39 is 7.82 Å². The Morgan fingerprint density at radius 3 is 1.62 bits per heavy atom. The SMILES string of the molecule is CCCCCCCCCCCCCCCCCCOCC(COP(=O)(O)OCCBr)OC. The number of alkyl halides is 1. The highest BCUT2D eigenvalue weighted by Crippen LogP contribution is 2.43. The van der Waals surface area contributed by atoms with Crippen LogP contribution in [0.3, 0.4) is 0 Å². The lowest BCUT2D eigenvalue weighted by Crippen LogP contribution is -2.24. The number of halogens is 1. The second-order valence-electron chi connectivity index (χ2n) is 8.52. The predicted octanol–water partition coefficient (Wildman–Crippen LogP) is 7.81. The molecule has 8 heteroatoms. The Bertz CT molecular complexity index is 427. The van der Waals surface area contributed by atoms with E-state index in [4.69, 9.17) is 18.5 Å². The van der Waals surface area contributed by atoms with Crippen molar-refractivity contribution in [2.75, 3.05) is 38.9 Å². The first-order valence-electron chi connectivity index (χ1n) is 12.8. The maximum Gasteiger partial charge on any atom is 0.472 e. The van der Waals surface area contributed by atoms with Crippen molar-refractivity contribution in [1.82, 2.24) is 0 Å². The maximum atomic E-state index is 11.6. The minimum absolute atomic E-state index is 0.0362. The summed E-state index contributed by atoms with van der Waals surface area (Å²) in [6, 6.07) is 0. The van der Waals surface area contributed by atoms with Gasteiger partial charge in [0.15, 0.2) is 0 Å². The van der Waals surface area contributed by atoms with Crippen molar-refractivity contribution < 1.29 is 28.0 Å². The Balaban J connectivity index is 3.36. The summed E-state index contributed by atoms with van der Waals surface area (Å²) < 4.78 is 32.2. The normalized spacial score (nSPS) is 14.5. The van der Waals surface area contributed by atoms with Gasteiger partial charge in [0.2, 0.25) is 0 Å². The van der Waals surface area contributed by atoms with Crippen molar-refractivity contribution in [2.45, 2.75) is 116 Å². The van der Waals surface area contributed by atoms with Crippen LogP contribution in [0.25, 0.3) is 0 Å². The van der Waals surface area contributed by atoms with Gasteiger partial charge in [-0.2, -0.15) is 0 Å². The highest BCUT2D eigenvalue weighted by atomic mass is 79.9. The van der Waals surface area contributed by atoms with Crippen LogP contribution >= 0.6 is 23.8 Å². The molecule has 2 unspecified atom stereocenters. The lowest BCUT2D eigenvalue weighted by Gasteiger charge is -2.18. The highest BCUT2D eigenvalue weighted by Gasteiger charge is 2.23. The van der Waals surface area contributed by atoms with Gasteiger partial charge in [-0.25, -0.2) is 4.57 Å². The van der Waals surface area contributed by atoms with Gasteiger partial charge in [-0.05, 0) is 6.42 Å². The molecule has 194 valence electrons. The summed E-state index contributed by atoms with van der Waals surface area (Å²) in [6.07, 6.45) is 21.2. The van der Waals surface area contributed by atoms with Crippen LogP contribution in [-0.4, -0.2) is 49.9 Å². The van der Waals surface area contributed by atoms with Crippen LogP contribution in [0, 0.1) is 0 Å². The van der Waals surface area contributed by atoms with Crippen molar-refractivity contribution in [3.8, 4) is 0 Å². The number of phosphoric acid groups is 1. The molecular weight excluding hydrogens is 495 g/mol. The molecule has 0 fully saturated rings. The van der Waals surface area contributed by atoms with Crippen molar-refractivity contribution >= 4 is 23.8 Å². The van der Waals surface area contributed by atoms with Crippen molar-refractivity contribution in [3.63, 3.8) is 0 Å². The van der Waals surface area contributed by atoms with Crippen molar-refractivity contribution in [1.29, 1.82) is 0 Å². The van der Waals surface area contributed by atoms with Gasteiger partial charge < -0.3 is 14.4 Å². The topological polar surface area (TPSA) is 74.2 Å². The number of hydrogen-bond donors (Lipinski definition) is 1. The van der Waals surface area contributed by atoms with Gasteiger partial charge in [0.25, 0.3) is 0 Å². The van der Waals surface area contributed by atoms with Crippen LogP contribution in [-0.2, 0) is 23.1 Å². The minimum atomic E-state index is -4.02. The first-order chi connectivity index (χ1) is 15.6. The Kier molecular flexibility index (Phi) is 25.0. The summed E-state index contributed by atoms with van der Waals surface area (Å²) in [7, 11) is -2.48. The zero-order valence-corrected chi connectivity index (χ0v) is 23.2. The second kappa shape index (κ2) is 24.6. The zero-order chi connectivity index (χ0) is 23.8. The third kappa shape index (κ3) is 23.7. The number of phosphoric ester groups is 1. The molecule has 0 aromatic rings. The standard InChI is InChI=1S/C24H50BrO6P/c1-3-4-5-6-7-8-9-10-11-12-13-14-15-16-17-18-20-29-22-24(28-2)23-31-32(26,27)30-21-19-25/h24H,3-23H2,1-2H3,(H,26,27). The first kappa shape index (κ1) is 32.5. The smallest absolute Gasteiger partial charge is 0.379 e. The van der Waals surface area contributed by atoms with E-state index in [0.29, 0.717) is 18.5 Å². The van der Waals surface area contributed by atoms with E-state index in [-0.39, 0.29) is 19.3 Å². The molecule has 0 bridgehead atoms. The van der Waals surface area contributed by atoms with Gasteiger partial charge in [-0.1, -0.05) is 119 Å². The van der Waals surface area contributed by atoms with E-state index in [1.165, 1.54) is 103 Å². The lowest BCUT2D eigenvalue weighted by molar-refractivity contribution is -0.0218. The molecule has 0 heterocycles. The monoisotopic (exact) mass is 544 g/mol. The molecule has 0 aromatic heterocycles. The molecule has 1 N–H and O–H groups in total. The molecule has 32 heavy (non-hydrogen) atoms. The molecule has 0 rings (SSSR count). The van der Waals surface area contributed by atoms with Gasteiger partial charge in [0, 0.05) is 19.0 Å². The Hall–Kier alpha value is 0.510. The molecule has 0 saturated heterocycles. The Morgan fingerprint density at radius 2 is 1.19 bits per heavy atom. The lowest BCUT2D eigenvalue weighted by atomic mass is 10.0. The Labute approximate surface area is 206 Å². The molecule has 0 radical (unpaired) electrons. The molecule has 2 atom stereocenters. The molecule has 0 spiro atoms. The van der Waals surface area contributed by atoms with Crippen LogP contribution in [0.2, 0.25) is 0 Å². The summed E-state index contributed by atoms with van der Waals surface area (Å²) >= 11 is 3.13.